The lowest BCUT2D eigenvalue weighted by Crippen LogP contribution is -2.08. The summed E-state index contributed by atoms with van der Waals surface area (Å²) in [5.41, 5.74) is 1.35. The topological polar surface area (TPSA) is 29.1 Å². The quantitative estimate of drug-likeness (QED) is 0.602. The van der Waals surface area contributed by atoms with Gasteiger partial charge in [-0.1, -0.05) is 65.1 Å². The second kappa shape index (κ2) is 6.80. The maximum Gasteiger partial charge on any atom is 0.248 e. The van der Waals surface area contributed by atoms with Crippen molar-refractivity contribution < 1.29 is 4.79 Å². The van der Waals surface area contributed by atoms with E-state index in [1.165, 1.54) is 18.2 Å². The van der Waals surface area contributed by atoms with Crippen LogP contribution in [0.3, 0.4) is 0 Å². The van der Waals surface area contributed by atoms with Crippen molar-refractivity contribution in [2.24, 2.45) is 0 Å². The molecule has 0 unspecified atom stereocenters. The highest BCUT2D eigenvalue weighted by molar-refractivity contribution is 6.44. The van der Waals surface area contributed by atoms with E-state index in [0.29, 0.717) is 20.8 Å². The molecule has 2 aromatic carbocycles. The molecule has 0 saturated heterocycles. The van der Waals surface area contributed by atoms with Crippen LogP contribution in [0.25, 0.3) is 6.08 Å². The van der Waals surface area contributed by atoms with E-state index in [9.17, 15) is 4.79 Å². The first kappa shape index (κ1) is 14.9. The van der Waals surface area contributed by atoms with Gasteiger partial charge in [0, 0.05) is 6.08 Å². The van der Waals surface area contributed by atoms with Gasteiger partial charge in [0.1, 0.15) is 0 Å². The molecule has 0 bridgehead atoms. The Hall–Kier alpha value is -1.48. The van der Waals surface area contributed by atoms with Gasteiger partial charge in [0.05, 0.1) is 20.8 Å². The summed E-state index contributed by atoms with van der Waals surface area (Å²) >= 11 is 17.7. The number of carbonyl (C=O) groups excluding carboxylic acids is 1. The van der Waals surface area contributed by atoms with E-state index < -0.39 is 0 Å². The molecule has 5 heteroatoms. The van der Waals surface area contributed by atoms with Crippen LogP contribution in [-0.4, -0.2) is 5.91 Å². The zero-order valence-electron chi connectivity index (χ0n) is 10.2. The minimum Gasteiger partial charge on any atom is -0.321 e. The molecular formula is C15H10Cl3NO. The standard InChI is InChI=1S/C15H10Cl3NO/c16-11-8-13(18)14(9-12(11)17)19-15(20)7-6-10-4-2-1-3-5-10/h1-9H,(H,19,20)/b7-6+. The Morgan fingerprint density at radius 3 is 2.30 bits per heavy atom. The van der Waals surface area contributed by atoms with Crippen LogP contribution in [-0.2, 0) is 4.79 Å². The van der Waals surface area contributed by atoms with Crippen LogP contribution in [0.15, 0.2) is 48.5 Å². The minimum atomic E-state index is -0.297. The average molecular weight is 327 g/mol. The first-order valence-corrected chi connectivity index (χ1v) is 6.88. The lowest BCUT2D eigenvalue weighted by atomic mass is 10.2. The molecule has 102 valence electrons. The number of anilines is 1. The van der Waals surface area contributed by atoms with E-state index in [4.69, 9.17) is 34.8 Å². The zero-order valence-corrected chi connectivity index (χ0v) is 12.5. The Morgan fingerprint density at radius 1 is 0.950 bits per heavy atom. The molecule has 0 aliphatic heterocycles. The van der Waals surface area contributed by atoms with E-state index >= 15 is 0 Å². The Morgan fingerprint density at radius 2 is 1.60 bits per heavy atom. The lowest BCUT2D eigenvalue weighted by Gasteiger charge is -2.06. The molecular weight excluding hydrogens is 317 g/mol. The fraction of sp³-hybridized carbons (Fsp3) is 0. The Kier molecular flexibility index (Phi) is 5.07. The van der Waals surface area contributed by atoms with Gasteiger partial charge in [-0.05, 0) is 23.8 Å². The molecule has 0 aliphatic rings. The summed E-state index contributed by atoms with van der Waals surface area (Å²) in [5.74, 6) is -0.297. The summed E-state index contributed by atoms with van der Waals surface area (Å²) in [6, 6.07) is 12.5. The Balaban J connectivity index is 2.09. The van der Waals surface area contributed by atoms with Crippen molar-refractivity contribution in [2.75, 3.05) is 5.32 Å². The van der Waals surface area contributed by atoms with Gasteiger partial charge in [-0.25, -0.2) is 0 Å². The third-order valence-corrected chi connectivity index (χ3v) is 3.53. The van der Waals surface area contributed by atoms with Crippen molar-refractivity contribution in [3.8, 4) is 0 Å². The van der Waals surface area contributed by atoms with Crippen molar-refractivity contribution >= 4 is 52.5 Å². The van der Waals surface area contributed by atoms with E-state index in [-0.39, 0.29) is 5.91 Å². The Bertz CT molecular complexity index is 654. The lowest BCUT2D eigenvalue weighted by molar-refractivity contribution is -0.111. The molecule has 0 aromatic heterocycles. The minimum absolute atomic E-state index is 0.297. The van der Waals surface area contributed by atoms with Crippen LogP contribution in [0, 0.1) is 0 Å². The molecule has 0 radical (unpaired) electrons. The van der Waals surface area contributed by atoms with Crippen LogP contribution in [0.2, 0.25) is 15.1 Å². The molecule has 2 aromatic rings. The fourth-order valence-corrected chi connectivity index (χ4v) is 2.12. The number of rotatable bonds is 3. The van der Waals surface area contributed by atoms with Gasteiger partial charge < -0.3 is 5.32 Å². The second-order valence-corrected chi connectivity index (χ2v) is 5.20. The summed E-state index contributed by atoms with van der Waals surface area (Å²) in [5, 5.41) is 3.66. The number of hydrogen-bond donors (Lipinski definition) is 1. The van der Waals surface area contributed by atoms with Crippen LogP contribution < -0.4 is 5.32 Å². The number of carbonyl (C=O) groups is 1. The van der Waals surface area contributed by atoms with Crippen molar-refractivity contribution in [3.05, 3.63) is 69.2 Å². The first-order valence-electron chi connectivity index (χ1n) is 5.75. The molecule has 1 amide bonds. The number of benzene rings is 2. The smallest absolute Gasteiger partial charge is 0.248 e. The van der Waals surface area contributed by atoms with Gasteiger partial charge in [0.25, 0.3) is 0 Å². The predicted octanol–water partition coefficient (Wildman–Crippen LogP) is 5.30. The van der Waals surface area contributed by atoms with Crippen LogP contribution >= 0.6 is 34.8 Å². The van der Waals surface area contributed by atoms with E-state index in [1.807, 2.05) is 30.3 Å². The van der Waals surface area contributed by atoms with Crippen molar-refractivity contribution in [1.82, 2.24) is 0 Å². The molecule has 2 rings (SSSR count). The van der Waals surface area contributed by atoms with Crippen LogP contribution in [0.4, 0.5) is 5.69 Å². The maximum atomic E-state index is 11.8. The predicted molar refractivity (Wildman–Crippen MR) is 85.6 cm³/mol. The molecule has 1 N–H and O–H groups in total. The molecule has 2 nitrogen and oxygen atoms in total. The van der Waals surface area contributed by atoms with E-state index in [2.05, 4.69) is 5.32 Å². The number of halogens is 3. The summed E-state index contributed by atoms with van der Waals surface area (Å²) in [6.45, 7) is 0. The maximum absolute atomic E-state index is 11.8. The van der Waals surface area contributed by atoms with Gasteiger partial charge in [-0.3, -0.25) is 4.79 Å². The fourth-order valence-electron chi connectivity index (χ4n) is 1.53. The number of amides is 1. The molecule has 20 heavy (non-hydrogen) atoms. The average Bonchev–Trinajstić information content (AvgIpc) is 2.44. The zero-order chi connectivity index (χ0) is 14.5. The van der Waals surface area contributed by atoms with Crippen molar-refractivity contribution in [1.29, 1.82) is 0 Å². The van der Waals surface area contributed by atoms with Crippen LogP contribution in [0.5, 0.6) is 0 Å². The van der Waals surface area contributed by atoms with Gasteiger partial charge in [0.2, 0.25) is 5.91 Å². The summed E-state index contributed by atoms with van der Waals surface area (Å²) in [7, 11) is 0. The first-order chi connectivity index (χ1) is 9.56. The van der Waals surface area contributed by atoms with Gasteiger partial charge in [-0.2, -0.15) is 0 Å². The monoisotopic (exact) mass is 325 g/mol. The third kappa shape index (κ3) is 4.01. The molecule has 0 saturated carbocycles. The highest BCUT2D eigenvalue weighted by Crippen LogP contribution is 2.32. The van der Waals surface area contributed by atoms with E-state index in [1.54, 1.807) is 6.08 Å². The third-order valence-electron chi connectivity index (χ3n) is 2.49. The summed E-state index contributed by atoms with van der Waals surface area (Å²) in [4.78, 5) is 11.8. The van der Waals surface area contributed by atoms with Gasteiger partial charge in [-0.15, -0.1) is 0 Å². The molecule has 0 atom stereocenters. The Labute approximate surface area is 132 Å². The normalized spacial score (nSPS) is 10.8. The molecule has 0 fully saturated rings. The SMILES string of the molecule is O=C(/C=C/c1ccccc1)Nc1cc(Cl)c(Cl)cc1Cl. The largest absolute Gasteiger partial charge is 0.321 e. The van der Waals surface area contributed by atoms with E-state index in [0.717, 1.165) is 5.56 Å². The van der Waals surface area contributed by atoms with Crippen LogP contribution in [0.1, 0.15) is 5.56 Å². The van der Waals surface area contributed by atoms with Gasteiger partial charge >= 0.3 is 0 Å². The van der Waals surface area contributed by atoms with Gasteiger partial charge in [0.15, 0.2) is 0 Å². The number of nitrogens with one attached hydrogen (secondary N) is 1. The highest BCUT2D eigenvalue weighted by atomic mass is 35.5. The van der Waals surface area contributed by atoms with Crippen molar-refractivity contribution in [2.45, 2.75) is 0 Å². The number of hydrogen-bond acceptors (Lipinski definition) is 1. The molecule has 0 spiro atoms. The molecule has 0 heterocycles. The second-order valence-electron chi connectivity index (χ2n) is 3.98. The highest BCUT2D eigenvalue weighted by Gasteiger charge is 2.07. The van der Waals surface area contributed by atoms with Crippen molar-refractivity contribution in [3.63, 3.8) is 0 Å². The molecule has 0 aliphatic carbocycles. The summed E-state index contributed by atoms with van der Waals surface area (Å²) in [6.07, 6.45) is 3.13. The summed E-state index contributed by atoms with van der Waals surface area (Å²) < 4.78 is 0.